The Kier molecular flexibility index (Phi) is 6.80. The number of aliphatic hydroxyl groups is 1. The zero-order valence-electron chi connectivity index (χ0n) is 11.0. The highest BCUT2D eigenvalue weighted by Crippen LogP contribution is 2.31. The lowest BCUT2D eigenvalue weighted by molar-refractivity contribution is -0.165. The number of carbonyl (C=O) groups is 2. The van der Waals surface area contributed by atoms with Gasteiger partial charge in [0, 0.05) is 0 Å². The third kappa shape index (κ3) is 4.73. The van der Waals surface area contributed by atoms with Crippen molar-refractivity contribution >= 4 is 11.9 Å². The number of hydrogen-bond donors (Lipinski definition) is 1. The van der Waals surface area contributed by atoms with Gasteiger partial charge in [-0.2, -0.15) is 0 Å². The van der Waals surface area contributed by atoms with Gasteiger partial charge in [-0.1, -0.05) is 13.8 Å². The summed E-state index contributed by atoms with van der Waals surface area (Å²) in [7, 11) is 0. The molecule has 0 heterocycles. The topological polar surface area (TPSA) is 72.8 Å². The molecule has 0 saturated heterocycles. The molecule has 0 aromatic rings. The zero-order valence-corrected chi connectivity index (χ0v) is 11.0. The van der Waals surface area contributed by atoms with Gasteiger partial charge in [0.05, 0.1) is 17.9 Å². The van der Waals surface area contributed by atoms with Gasteiger partial charge in [0.25, 0.3) is 0 Å². The summed E-state index contributed by atoms with van der Waals surface area (Å²) in [6.45, 7) is 6.72. The minimum absolute atomic E-state index is 0.316. The van der Waals surface area contributed by atoms with Gasteiger partial charge in [-0.3, -0.25) is 9.59 Å². The van der Waals surface area contributed by atoms with Crippen molar-refractivity contribution in [1.82, 2.24) is 0 Å². The minimum Gasteiger partial charge on any atom is -0.466 e. The predicted octanol–water partition coefficient (Wildman–Crippen LogP) is 1.48. The van der Waals surface area contributed by atoms with Crippen molar-refractivity contribution in [1.29, 1.82) is 0 Å². The lowest BCUT2D eigenvalue weighted by Crippen LogP contribution is -2.33. The second-order valence-corrected chi connectivity index (χ2v) is 4.33. The number of hydrogen-bond acceptors (Lipinski definition) is 5. The minimum atomic E-state index is -0.769. The third-order valence-corrected chi connectivity index (χ3v) is 2.91. The maximum absolute atomic E-state index is 11.7. The molecular weight excluding hydrogens is 224 g/mol. The molecule has 100 valence electrons. The van der Waals surface area contributed by atoms with Gasteiger partial charge in [0.2, 0.25) is 0 Å². The van der Waals surface area contributed by atoms with Gasteiger partial charge < -0.3 is 14.6 Å². The molecule has 0 amide bonds. The first kappa shape index (κ1) is 15.9. The van der Waals surface area contributed by atoms with E-state index in [-0.39, 0.29) is 11.9 Å². The fraction of sp³-hybridized carbons (Fsp3) is 0.833. The number of rotatable bonds is 7. The summed E-state index contributed by atoms with van der Waals surface area (Å²) in [4.78, 5) is 23.2. The monoisotopic (exact) mass is 246 g/mol. The van der Waals surface area contributed by atoms with Crippen LogP contribution in [0.15, 0.2) is 0 Å². The van der Waals surface area contributed by atoms with E-state index in [4.69, 9.17) is 9.84 Å². The van der Waals surface area contributed by atoms with Crippen molar-refractivity contribution in [3.8, 4) is 0 Å². The van der Waals surface area contributed by atoms with Crippen LogP contribution in [0.3, 0.4) is 0 Å². The fourth-order valence-electron chi connectivity index (χ4n) is 1.65. The van der Waals surface area contributed by atoms with Crippen molar-refractivity contribution in [3.63, 3.8) is 0 Å². The van der Waals surface area contributed by atoms with Crippen LogP contribution in [0.1, 0.15) is 40.5 Å². The molecule has 5 nitrogen and oxygen atoms in total. The summed E-state index contributed by atoms with van der Waals surface area (Å²) in [6.07, 6.45) is 0.886. The quantitative estimate of drug-likeness (QED) is 0.544. The SMILES string of the molecule is CCOC(=O)C(C)CC(C)(CC)C(=O)OCO. The highest BCUT2D eigenvalue weighted by molar-refractivity contribution is 5.78. The highest BCUT2D eigenvalue weighted by Gasteiger charge is 2.36. The van der Waals surface area contributed by atoms with Crippen molar-refractivity contribution in [2.24, 2.45) is 11.3 Å². The molecule has 0 aliphatic rings. The molecule has 0 aromatic carbocycles. The molecule has 0 aliphatic carbocycles. The van der Waals surface area contributed by atoms with Crippen LogP contribution in [-0.4, -0.2) is 30.4 Å². The second kappa shape index (κ2) is 7.27. The van der Waals surface area contributed by atoms with E-state index in [0.717, 1.165) is 0 Å². The first-order valence-electron chi connectivity index (χ1n) is 5.86. The van der Waals surface area contributed by atoms with E-state index < -0.39 is 18.2 Å². The zero-order chi connectivity index (χ0) is 13.5. The van der Waals surface area contributed by atoms with E-state index in [0.29, 0.717) is 19.4 Å². The Hall–Kier alpha value is -1.10. The molecule has 0 fully saturated rings. The van der Waals surface area contributed by atoms with E-state index in [2.05, 4.69) is 4.74 Å². The number of ether oxygens (including phenoxy) is 2. The molecule has 1 N–H and O–H groups in total. The maximum Gasteiger partial charge on any atom is 0.313 e. The Morgan fingerprint density at radius 1 is 1.29 bits per heavy atom. The molecular formula is C12H22O5. The van der Waals surface area contributed by atoms with Crippen molar-refractivity contribution in [3.05, 3.63) is 0 Å². The van der Waals surface area contributed by atoms with Gasteiger partial charge in [0.1, 0.15) is 0 Å². The van der Waals surface area contributed by atoms with E-state index in [1.807, 2.05) is 6.92 Å². The van der Waals surface area contributed by atoms with Crippen LogP contribution >= 0.6 is 0 Å². The van der Waals surface area contributed by atoms with Gasteiger partial charge >= 0.3 is 11.9 Å². The summed E-state index contributed by atoms with van der Waals surface area (Å²) in [5, 5.41) is 8.59. The molecule has 0 aromatic heterocycles. The Morgan fingerprint density at radius 2 is 1.88 bits per heavy atom. The molecule has 2 unspecified atom stereocenters. The van der Waals surface area contributed by atoms with E-state index in [1.54, 1.807) is 20.8 Å². The fourth-order valence-corrected chi connectivity index (χ4v) is 1.65. The third-order valence-electron chi connectivity index (χ3n) is 2.91. The number of aliphatic hydroxyl groups excluding tert-OH is 1. The van der Waals surface area contributed by atoms with Crippen LogP contribution in [0.2, 0.25) is 0 Å². The number of esters is 2. The lowest BCUT2D eigenvalue weighted by Gasteiger charge is -2.27. The molecule has 17 heavy (non-hydrogen) atoms. The molecule has 0 saturated carbocycles. The second-order valence-electron chi connectivity index (χ2n) is 4.33. The highest BCUT2D eigenvalue weighted by atomic mass is 16.6. The van der Waals surface area contributed by atoms with Gasteiger partial charge in [-0.15, -0.1) is 0 Å². The standard InChI is InChI=1S/C12H22O5/c1-5-12(4,11(15)17-8-13)7-9(3)10(14)16-6-2/h9,13H,5-8H2,1-4H3. The van der Waals surface area contributed by atoms with Crippen LogP contribution in [-0.2, 0) is 19.1 Å². The van der Waals surface area contributed by atoms with Gasteiger partial charge in [-0.05, 0) is 26.7 Å². The summed E-state index contributed by atoms with van der Waals surface area (Å²) in [5.74, 6) is -1.17. The van der Waals surface area contributed by atoms with E-state index >= 15 is 0 Å². The smallest absolute Gasteiger partial charge is 0.313 e. The van der Waals surface area contributed by atoms with Crippen LogP contribution in [0.25, 0.3) is 0 Å². The normalized spacial score (nSPS) is 15.8. The van der Waals surface area contributed by atoms with E-state index in [1.165, 1.54) is 0 Å². The van der Waals surface area contributed by atoms with Crippen LogP contribution in [0.4, 0.5) is 0 Å². The summed E-state index contributed by atoms with van der Waals surface area (Å²) in [5.41, 5.74) is -0.769. The van der Waals surface area contributed by atoms with Crippen molar-refractivity contribution in [2.45, 2.75) is 40.5 Å². The first-order valence-corrected chi connectivity index (χ1v) is 5.86. The summed E-state index contributed by atoms with van der Waals surface area (Å²) >= 11 is 0. The Labute approximate surface area is 102 Å². The molecule has 2 atom stereocenters. The Balaban J connectivity index is 4.56. The molecule has 0 aliphatic heterocycles. The van der Waals surface area contributed by atoms with Crippen molar-refractivity contribution in [2.75, 3.05) is 13.4 Å². The van der Waals surface area contributed by atoms with Crippen LogP contribution in [0, 0.1) is 11.3 Å². The average molecular weight is 246 g/mol. The largest absolute Gasteiger partial charge is 0.466 e. The van der Waals surface area contributed by atoms with E-state index in [9.17, 15) is 9.59 Å². The summed E-state index contributed by atoms with van der Waals surface area (Å²) in [6, 6.07) is 0. The number of carbonyl (C=O) groups excluding carboxylic acids is 2. The lowest BCUT2D eigenvalue weighted by atomic mass is 9.79. The van der Waals surface area contributed by atoms with Gasteiger partial charge in [-0.25, -0.2) is 0 Å². The molecule has 0 bridgehead atoms. The predicted molar refractivity (Wildman–Crippen MR) is 62.0 cm³/mol. The molecule has 0 rings (SSSR count). The van der Waals surface area contributed by atoms with Crippen molar-refractivity contribution < 1.29 is 24.2 Å². The summed E-state index contributed by atoms with van der Waals surface area (Å²) < 4.78 is 9.50. The molecule has 0 radical (unpaired) electrons. The maximum atomic E-state index is 11.7. The molecule has 5 heteroatoms. The average Bonchev–Trinajstić information content (AvgIpc) is 2.29. The Morgan fingerprint density at radius 3 is 2.29 bits per heavy atom. The Bertz CT molecular complexity index is 264. The van der Waals surface area contributed by atoms with Crippen LogP contribution < -0.4 is 0 Å². The first-order chi connectivity index (χ1) is 7.91. The van der Waals surface area contributed by atoms with Crippen LogP contribution in [0.5, 0.6) is 0 Å². The molecule has 0 spiro atoms. The van der Waals surface area contributed by atoms with Gasteiger partial charge in [0.15, 0.2) is 6.79 Å².